The summed E-state index contributed by atoms with van der Waals surface area (Å²) in [5.74, 6) is -1.40. The van der Waals surface area contributed by atoms with Gasteiger partial charge >= 0.3 is 11.9 Å². The van der Waals surface area contributed by atoms with Crippen LogP contribution < -0.4 is 4.74 Å². The Kier molecular flexibility index (Phi) is 5.44. The largest absolute Gasteiger partial charge is 0.507 e. The first-order valence-electron chi connectivity index (χ1n) is 10.1. The Hall–Kier alpha value is -3.34. The van der Waals surface area contributed by atoms with Crippen molar-refractivity contribution in [1.82, 2.24) is 0 Å². The van der Waals surface area contributed by atoms with Crippen LogP contribution in [0.3, 0.4) is 0 Å². The van der Waals surface area contributed by atoms with Gasteiger partial charge in [0, 0.05) is 11.5 Å². The number of aliphatic hydroxyl groups excluding tert-OH is 1. The van der Waals surface area contributed by atoms with Gasteiger partial charge in [0.2, 0.25) is 0 Å². The molecule has 0 radical (unpaired) electrons. The summed E-state index contributed by atoms with van der Waals surface area (Å²) in [5, 5.41) is 11.0. The highest BCUT2D eigenvalue weighted by Gasteiger charge is 2.55. The lowest BCUT2D eigenvalue weighted by molar-refractivity contribution is -0.154. The van der Waals surface area contributed by atoms with Gasteiger partial charge in [-0.3, -0.25) is 4.79 Å². The molecular formula is C25H24O5. The Labute approximate surface area is 175 Å². The van der Waals surface area contributed by atoms with Crippen molar-refractivity contribution in [2.45, 2.75) is 31.6 Å². The highest BCUT2D eigenvalue weighted by Crippen LogP contribution is 2.56. The number of hydrogen-bond acceptors (Lipinski definition) is 5. The fourth-order valence-corrected chi connectivity index (χ4v) is 4.72. The number of fused-ring (bicyclic) bond motifs is 1. The van der Waals surface area contributed by atoms with Gasteiger partial charge in [0.25, 0.3) is 0 Å². The number of carbonyl (C=O) groups excluding carboxylic acids is 2. The SMILES string of the molecule is COC(=O)C1(C2/C(=C(O)\C=C\c3ccccc3)C(=O)Oc3ccccc32)CCCC1. The number of carbonyl (C=O) groups is 2. The fourth-order valence-electron chi connectivity index (χ4n) is 4.72. The molecule has 2 aliphatic rings. The van der Waals surface area contributed by atoms with Gasteiger partial charge in [0.05, 0.1) is 18.1 Å². The lowest BCUT2D eigenvalue weighted by atomic mass is 9.66. The smallest absolute Gasteiger partial charge is 0.343 e. The van der Waals surface area contributed by atoms with E-state index in [4.69, 9.17) is 9.47 Å². The maximum Gasteiger partial charge on any atom is 0.343 e. The van der Waals surface area contributed by atoms with Crippen LogP contribution in [0.1, 0.15) is 42.7 Å². The van der Waals surface area contributed by atoms with Crippen LogP contribution in [-0.2, 0) is 14.3 Å². The van der Waals surface area contributed by atoms with Crippen LogP contribution in [0, 0.1) is 5.41 Å². The van der Waals surface area contributed by atoms with E-state index in [0.29, 0.717) is 18.6 Å². The van der Waals surface area contributed by atoms with Gasteiger partial charge in [0.1, 0.15) is 11.5 Å². The molecule has 5 nitrogen and oxygen atoms in total. The standard InChI is InChI=1S/C25H24O5/c1-29-24(28)25(15-7-8-16-25)22-18-11-5-6-12-20(18)30-23(27)21(22)19(26)14-13-17-9-3-2-4-10-17/h2-6,9-14,22,26H,7-8,15-16H2,1H3/b14-13+,21-19-. The van der Waals surface area contributed by atoms with Crippen LogP contribution in [-0.4, -0.2) is 24.2 Å². The monoisotopic (exact) mass is 404 g/mol. The van der Waals surface area contributed by atoms with Crippen LogP contribution in [0.15, 0.2) is 72.0 Å². The number of aliphatic hydroxyl groups is 1. The van der Waals surface area contributed by atoms with E-state index in [1.807, 2.05) is 42.5 Å². The maximum atomic E-state index is 13.0. The zero-order valence-corrected chi connectivity index (χ0v) is 16.8. The third-order valence-corrected chi connectivity index (χ3v) is 6.09. The van der Waals surface area contributed by atoms with Gasteiger partial charge in [-0.1, -0.05) is 67.4 Å². The van der Waals surface area contributed by atoms with Crippen LogP contribution in [0.5, 0.6) is 5.75 Å². The molecule has 1 aliphatic carbocycles. The minimum absolute atomic E-state index is 0.105. The Balaban J connectivity index is 1.88. The Bertz CT molecular complexity index is 1010. The highest BCUT2D eigenvalue weighted by atomic mass is 16.5. The van der Waals surface area contributed by atoms with E-state index in [2.05, 4.69) is 0 Å². The predicted molar refractivity (Wildman–Crippen MR) is 113 cm³/mol. The molecule has 30 heavy (non-hydrogen) atoms. The average Bonchev–Trinajstić information content (AvgIpc) is 3.27. The van der Waals surface area contributed by atoms with Gasteiger partial charge in [-0.25, -0.2) is 4.79 Å². The van der Waals surface area contributed by atoms with E-state index in [0.717, 1.165) is 24.0 Å². The van der Waals surface area contributed by atoms with Crippen molar-refractivity contribution in [3.8, 4) is 5.75 Å². The molecule has 1 atom stereocenters. The molecule has 2 aromatic rings. The van der Waals surface area contributed by atoms with Crippen LogP contribution in [0.25, 0.3) is 6.08 Å². The van der Waals surface area contributed by atoms with Crippen molar-refractivity contribution in [1.29, 1.82) is 0 Å². The molecule has 1 N–H and O–H groups in total. The van der Waals surface area contributed by atoms with Gasteiger partial charge < -0.3 is 14.6 Å². The van der Waals surface area contributed by atoms with Crippen molar-refractivity contribution in [3.63, 3.8) is 0 Å². The first kappa shape index (κ1) is 20.0. The van der Waals surface area contributed by atoms with Crippen molar-refractivity contribution >= 4 is 18.0 Å². The predicted octanol–water partition coefficient (Wildman–Crippen LogP) is 4.95. The zero-order valence-electron chi connectivity index (χ0n) is 16.8. The lowest BCUT2D eigenvalue weighted by Gasteiger charge is -2.39. The minimum atomic E-state index is -0.909. The number of allylic oxidation sites excluding steroid dienone is 1. The number of methoxy groups -OCH3 is 1. The molecule has 1 fully saturated rings. The van der Waals surface area contributed by atoms with Crippen LogP contribution in [0.4, 0.5) is 0 Å². The van der Waals surface area contributed by atoms with E-state index < -0.39 is 17.3 Å². The summed E-state index contributed by atoms with van der Waals surface area (Å²) < 4.78 is 10.7. The van der Waals surface area contributed by atoms with Crippen molar-refractivity contribution in [3.05, 3.63) is 83.1 Å². The molecular weight excluding hydrogens is 380 g/mol. The summed E-state index contributed by atoms with van der Waals surface area (Å²) in [5.41, 5.74) is 0.801. The second kappa shape index (κ2) is 8.19. The first-order valence-corrected chi connectivity index (χ1v) is 10.1. The molecule has 1 unspecified atom stereocenters. The fraction of sp³-hybridized carbons (Fsp3) is 0.280. The Morgan fingerprint density at radius 1 is 1.10 bits per heavy atom. The van der Waals surface area contributed by atoms with Gasteiger partial charge in [-0.05, 0) is 30.5 Å². The average molecular weight is 404 g/mol. The second-order valence-corrected chi connectivity index (χ2v) is 7.76. The molecule has 1 aliphatic heterocycles. The molecule has 2 aromatic carbocycles. The first-order chi connectivity index (χ1) is 14.6. The number of benzene rings is 2. The molecule has 0 spiro atoms. The second-order valence-electron chi connectivity index (χ2n) is 7.76. The quantitative estimate of drug-likeness (QED) is 0.338. The van der Waals surface area contributed by atoms with Gasteiger partial charge in [0.15, 0.2) is 0 Å². The number of esters is 2. The molecule has 1 saturated carbocycles. The topological polar surface area (TPSA) is 72.8 Å². The molecule has 0 amide bonds. The molecule has 4 rings (SSSR count). The van der Waals surface area contributed by atoms with E-state index in [9.17, 15) is 14.7 Å². The van der Waals surface area contributed by atoms with Crippen molar-refractivity contribution in [2.24, 2.45) is 5.41 Å². The van der Waals surface area contributed by atoms with Gasteiger partial charge in [-0.2, -0.15) is 0 Å². The number of hydrogen-bond donors (Lipinski definition) is 1. The third-order valence-electron chi connectivity index (χ3n) is 6.09. The van der Waals surface area contributed by atoms with E-state index in [-0.39, 0.29) is 17.3 Å². The summed E-state index contributed by atoms with van der Waals surface area (Å²) in [6, 6.07) is 16.7. The zero-order chi connectivity index (χ0) is 21.1. The third kappa shape index (κ3) is 3.41. The summed E-state index contributed by atoms with van der Waals surface area (Å²) in [4.78, 5) is 26.0. The molecule has 0 bridgehead atoms. The molecule has 154 valence electrons. The minimum Gasteiger partial charge on any atom is -0.507 e. The number of para-hydroxylation sites is 1. The van der Waals surface area contributed by atoms with E-state index >= 15 is 0 Å². The number of ether oxygens (including phenoxy) is 2. The summed E-state index contributed by atoms with van der Waals surface area (Å²) in [7, 11) is 1.37. The highest BCUT2D eigenvalue weighted by molar-refractivity contribution is 5.97. The maximum absolute atomic E-state index is 13.0. The molecule has 0 saturated heterocycles. The summed E-state index contributed by atoms with van der Waals surface area (Å²) in [6.07, 6.45) is 6.11. The Morgan fingerprint density at radius 2 is 1.77 bits per heavy atom. The van der Waals surface area contributed by atoms with E-state index in [1.54, 1.807) is 18.2 Å². The molecule has 1 heterocycles. The molecule has 5 heteroatoms. The Morgan fingerprint density at radius 3 is 2.47 bits per heavy atom. The van der Waals surface area contributed by atoms with Crippen LogP contribution >= 0.6 is 0 Å². The molecule has 0 aromatic heterocycles. The summed E-state index contributed by atoms with van der Waals surface area (Å²) in [6.45, 7) is 0. The number of rotatable bonds is 4. The van der Waals surface area contributed by atoms with Crippen molar-refractivity contribution in [2.75, 3.05) is 7.11 Å². The van der Waals surface area contributed by atoms with Crippen LogP contribution in [0.2, 0.25) is 0 Å². The normalized spacial score (nSPS) is 21.8. The lowest BCUT2D eigenvalue weighted by Crippen LogP contribution is -2.41. The van der Waals surface area contributed by atoms with Crippen molar-refractivity contribution < 1.29 is 24.2 Å². The summed E-state index contributed by atoms with van der Waals surface area (Å²) >= 11 is 0. The van der Waals surface area contributed by atoms with Gasteiger partial charge in [-0.15, -0.1) is 0 Å². The van der Waals surface area contributed by atoms with E-state index in [1.165, 1.54) is 13.2 Å².